The van der Waals surface area contributed by atoms with Crippen molar-refractivity contribution in [2.45, 2.75) is 26.3 Å². The van der Waals surface area contributed by atoms with E-state index >= 15 is 0 Å². The number of hydrogen-bond donors (Lipinski definition) is 1. The topological polar surface area (TPSA) is 74.4 Å². The molecule has 0 radical (unpaired) electrons. The second-order valence-electron chi connectivity index (χ2n) is 3.61. The molecule has 1 heterocycles. The zero-order valence-corrected chi connectivity index (χ0v) is 12.6. The van der Waals surface area contributed by atoms with Gasteiger partial charge in [0.1, 0.15) is 0 Å². The Morgan fingerprint density at radius 1 is 1.50 bits per heavy atom. The SMILES string of the molecule is CCOC(=O)Cc1cnc(CN)c(OC(F)(F)F)c1I. The number of alkyl halides is 3. The van der Waals surface area contributed by atoms with Gasteiger partial charge < -0.3 is 15.2 Å². The summed E-state index contributed by atoms with van der Waals surface area (Å²) in [5.41, 5.74) is 5.60. The van der Waals surface area contributed by atoms with Crippen LogP contribution in [0.4, 0.5) is 13.2 Å². The van der Waals surface area contributed by atoms with Crippen molar-refractivity contribution in [1.82, 2.24) is 4.98 Å². The molecule has 5 nitrogen and oxygen atoms in total. The first-order valence-electron chi connectivity index (χ1n) is 5.56. The van der Waals surface area contributed by atoms with E-state index in [4.69, 9.17) is 10.5 Å². The second kappa shape index (κ2) is 7.07. The molecule has 0 bridgehead atoms. The lowest BCUT2D eigenvalue weighted by molar-refractivity contribution is -0.275. The van der Waals surface area contributed by atoms with Gasteiger partial charge in [-0.15, -0.1) is 13.2 Å². The molecule has 0 aliphatic carbocycles. The van der Waals surface area contributed by atoms with E-state index in [1.807, 2.05) is 0 Å². The third kappa shape index (κ3) is 4.78. The van der Waals surface area contributed by atoms with E-state index in [2.05, 4.69) is 9.72 Å². The molecule has 2 N–H and O–H groups in total. The fourth-order valence-electron chi connectivity index (χ4n) is 1.40. The van der Waals surface area contributed by atoms with Crippen LogP contribution in [0.15, 0.2) is 6.20 Å². The van der Waals surface area contributed by atoms with Gasteiger partial charge in [-0.2, -0.15) is 0 Å². The minimum Gasteiger partial charge on any atom is -0.466 e. The molecule has 1 rings (SSSR count). The minimum absolute atomic E-state index is 0.0284. The lowest BCUT2D eigenvalue weighted by Crippen LogP contribution is -2.21. The molecule has 0 saturated carbocycles. The third-order valence-corrected chi connectivity index (χ3v) is 3.35. The maximum atomic E-state index is 12.4. The van der Waals surface area contributed by atoms with Crippen molar-refractivity contribution in [2.75, 3.05) is 6.61 Å². The summed E-state index contributed by atoms with van der Waals surface area (Å²) < 4.78 is 45.9. The molecule has 0 spiro atoms. The van der Waals surface area contributed by atoms with Crippen LogP contribution in [-0.4, -0.2) is 23.9 Å². The summed E-state index contributed by atoms with van der Waals surface area (Å²) in [6.45, 7) is 1.62. The molecule has 0 atom stereocenters. The number of aromatic nitrogens is 1. The average molecular weight is 404 g/mol. The molecule has 20 heavy (non-hydrogen) atoms. The second-order valence-corrected chi connectivity index (χ2v) is 4.69. The van der Waals surface area contributed by atoms with Crippen LogP contribution >= 0.6 is 22.6 Å². The molecule has 9 heteroatoms. The number of rotatable bonds is 5. The van der Waals surface area contributed by atoms with Gasteiger partial charge in [-0.1, -0.05) is 0 Å². The first-order valence-corrected chi connectivity index (χ1v) is 6.64. The largest absolute Gasteiger partial charge is 0.573 e. The molecular formula is C11H12F3IN2O3. The number of carbonyl (C=O) groups excluding carboxylic acids is 1. The van der Waals surface area contributed by atoms with E-state index in [0.717, 1.165) is 0 Å². The maximum absolute atomic E-state index is 12.4. The molecule has 112 valence electrons. The van der Waals surface area contributed by atoms with Crippen LogP contribution in [0, 0.1) is 3.57 Å². The standard InChI is InChI=1S/C11H12F3IN2O3/c1-2-19-8(18)3-6-5-17-7(4-16)10(9(6)15)20-11(12,13)14/h5H,2-4,16H2,1H3. The third-order valence-electron chi connectivity index (χ3n) is 2.17. The Bertz CT molecular complexity index is 495. The summed E-state index contributed by atoms with van der Waals surface area (Å²) in [6.07, 6.45) is -3.74. The summed E-state index contributed by atoms with van der Waals surface area (Å²) in [7, 11) is 0. The quantitative estimate of drug-likeness (QED) is 0.602. The molecule has 0 fully saturated rings. The first-order chi connectivity index (χ1) is 9.28. The van der Waals surface area contributed by atoms with Gasteiger partial charge in [0.05, 0.1) is 22.3 Å². The molecule has 0 aliphatic heterocycles. The lowest BCUT2D eigenvalue weighted by atomic mass is 10.2. The number of carbonyl (C=O) groups is 1. The van der Waals surface area contributed by atoms with E-state index in [9.17, 15) is 18.0 Å². The Kier molecular flexibility index (Phi) is 5.99. The molecule has 0 amide bonds. The minimum atomic E-state index is -4.85. The highest BCUT2D eigenvalue weighted by atomic mass is 127. The number of ether oxygens (including phenoxy) is 2. The van der Waals surface area contributed by atoms with Crippen LogP contribution in [0.3, 0.4) is 0 Å². The van der Waals surface area contributed by atoms with Crippen LogP contribution in [0.5, 0.6) is 5.75 Å². The predicted octanol–water partition coefficient (Wildman–Crippen LogP) is 2.15. The number of esters is 1. The highest BCUT2D eigenvalue weighted by Gasteiger charge is 2.34. The summed E-state index contributed by atoms with van der Waals surface area (Å²) in [5, 5.41) is 0. The van der Waals surface area contributed by atoms with Gasteiger partial charge >= 0.3 is 12.3 Å². The first kappa shape index (κ1) is 17.0. The zero-order chi connectivity index (χ0) is 15.3. The van der Waals surface area contributed by atoms with Crippen molar-refractivity contribution in [2.24, 2.45) is 5.73 Å². The highest BCUT2D eigenvalue weighted by Crippen LogP contribution is 2.32. The van der Waals surface area contributed by atoms with Crippen molar-refractivity contribution < 1.29 is 27.4 Å². The van der Waals surface area contributed by atoms with Crippen molar-refractivity contribution in [3.63, 3.8) is 0 Å². The van der Waals surface area contributed by atoms with Gasteiger partial charge in [0.25, 0.3) is 0 Å². The van der Waals surface area contributed by atoms with Crippen molar-refractivity contribution in [3.8, 4) is 5.75 Å². The molecule has 1 aromatic rings. The Morgan fingerprint density at radius 3 is 2.65 bits per heavy atom. The fraction of sp³-hybridized carbons (Fsp3) is 0.455. The van der Waals surface area contributed by atoms with Gasteiger partial charge in [-0.05, 0) is 35.1 Å². The van der Waals surface area contributed by atoms with E-state index < -0.39 is 18.1 Å². The highest BCUT2D eigenvalue weighted by molar-refractivity contribution is 14.1. The molecular weight excluding hydrogens is 392 g/mol. The van der Waals surface area contributed by atoms with Gasteiger partial charge in [-0.25, -0.2) is 0 Å². The molecule has 1 aromatic heterocycles. The summed E-state index contributed by atoms with van der Waals surface area (Å²) in [4.78, 5) is 15.2. The van der Waals surface area contributed by atoms with Gasteiger partial charge in [0.15, 0.2) is 5.75 Å². The van der Waals surface area contributed by atoms with E-state index in [0.29, 0.717) is 5.56 Å². The van der Waals surface area contributed by atoms with E-state index in [1.165, 1.54) is 6.20 Å². The van der Waals surface area contributed by atoms with Crippen molar-refractivity contribution in [1.29, 1.82) is 0 Å². The summed E-state index contributed by atoms with van der Waals surface area (Å²) in [6, 6.07) is 0. The molecule has 0 aliphatic rings. The molecule has 0 unspecified atom stereocenters. The number of halogens is 4. The Labute approximate surface area is 126 Å². The van der Waals surface area contributed by atoms with Gasteiger partial charge in [0, 0.05) is 12.7 Å². The van der Waals surface area contributed by atoms with Crippen LogP contribution in [0.2, 0.25) is 0 Å². The van der Waals surface area contributed by atoms with Crippen LogP contribution in [0.1, 0.15) is 18.2 Å². The number of pyridine rings is 1. The van der Waals surface area contributed by atoms with Crippen LogP contribution in [0.25, 0.3) is 0 Å². The van der Waals surface area contributed by atoms with Crippen molar-refractivity contribution >= 4 is 28.6 Å². The number of hydrogen-bond acceptors (Lipinski definition) is 5. The van der Waals surface area contributed by atoms with Gasteiger partial charge in [-0.3, -0.25) is 9.78 Å². The number of nitrogens with two attached hydrogens (primary N) is 1. The van der Waals surface area contributed by atoms with E-state index in [1.54, 1.807) is 29.5 Å². The molecule has 0 saturated heterocycles. The normalized spacial score (nSPS) is 11.3. The van der Waals surface area contributed by atoms with E-state index in [-0.39, 0.29) is 28.8 Å². The Hall–Kier alpha value is -1.10. The molecule has 0 aromatic carbocycles. The smallest absolute Gasteiger partial charge is 0.466 e. The van der Waals surface area contributed by atoms with Crippen molar-refractivity contribution in [3.05, 3.63) is 21.0 Å². The monoisotopic (exact) mass is 404 g/mol. The van der Waals surface area contributed by atoms with Gasteiger partial charge in [0.2, 0.25) is 0 Å². The maximum Gasteiger partial charge on any atom is 0.573 e. The predicted molar refractivity (Wildman–Crippen MR) is 71.9 cm³/mol. The van der Waals surface area contributed by atoms with Crippen LogP contribution in [-0.2, 0) is 22.5 Å². The Balaban J connectivity index is 3.11. The zero-order valence-electron chi connectivity index (χ0n) is 10.5. The Morgan fingerprint density at radius 2 is 2.15 bits per heavy atom. The summed E-state index contributed by atoms with van der Waals surface area (Å²) in [5.74, 6) is -1.02. The van der Waals surface area contributed by atoms with Crippen LogP contribution < -0.4 is 10.5 Å². The summed E-state index contributed by atoms with van der Waals surface area (Å²) >= 11 is 1.66. The fourth-order valence-corrected chi connectivity index (χ4v) is 2.15. The average Bonchev–Trinajstić information content (AvgIpc) is 2.33. The lowest BCUT2D eigenvalue weighted by Gasteiger charge is -2.15. The number of nitrogens with zero attached hydrogens (tertiary/aromatic N) is 1.